The Balaban J connectivity index is 1.14. The second-order valence-electron chi connectivity index (χ2n) is 13.4. The summed E-state index contributed by atoms with van der Waals surface area (Å²) in [4.78, 5) is 12.3. The van der Waals surface area contributed by atoms with Gasteiger partial charge in [0.1, 0.15) is 29.7 Å². The molecule has 0 radical (unpaired) electrons. The number of aliphatic hydroxyl groups excluding tert-OH is 5. The number of aromatic nitrogens is 1. The number of nitrogens with zero attached hydrogens (tertiary/aromatic N) is 1. The molecule has 13 heteroatoms. The van der Waals surface area contributed by atoms with Gasteiger partial charge in [0.25, 0.3) is 0 Å². The summed E-state index contributed by atoms with van der Waals surface area (Å²) in [6, 6.07) is 14.0. The normalized spacial score (nSPS) is 18.1. The number of para-hydroxylation sites is 1. The molecular weight excluding hydrogens is 666 g/mol. The third-order valence-electron chi connectivity index (χ3n) is 9.48. The van der Waals surface area contributed by atoms with Crippen LogP contribution in [0.5, 0.6) is 5.75 Å². The lowest BCUT2D eigenvalue weighted by Crippen LogP contribution is -2.56. The van der Waals surface area contributed by atoms with Crippen LogP contribution in [0.15, 0.2) is 60.9 Å². The van der Waals surface area contributed by atoms with Gasteiger partial charge in [-0.1, -0.05) is 55.3 Å². The summed E-state index contributed by atoms with van der Waals surface area (Å²) in [5.41, 5.74) is 4.27. The van der Waals surface area contributed by atoms with Crippen LogP contribution < -0.4 is 20.1 Å². The van der Waals surface area contributed by atoms with Crippen LogP contribution in [0.1, 0.15) is 74.5 Å². The van der Waals surface area contributed by atoms with E-state index in [9.17, 15) is 30.4 Å². The number of halogens is 1. The summed E-state index contributed by atoms with van der Waals surface area (Å²) in [6.45, 7) is 1.34. The number of amides is 2. The molecule has 0 saturated heterocycles. The van der Waals surface area contributed by atoms with Crippen LogP contribution in [0.2, 0.25) is 5.02 Å². The van der Waals surface area contributed by atoms with E-state index in [-0.39, 0.29) is 12.0 Å². The van der Waals surface area contributed by atoms with E-state index in [0.29, 0.717) is 24.6 Å². The van der Waals surface area contributed by atoms with E-state index in [0.717, 1.165) is 76.8 Å². The molecule has 1 heterocycles. The van der Waals surface area contributed by atoms with E-state index in [4.69, 9.17) is 26.2 Å². The predicted octanol–water partition coefficient (Wildman–Crippen LogP) is 3.29. The van der Waals surface area contributed by atoms with E-state index < -0.39 is 49.2 Å². The molecule has 0 spiro atoms. The van der Waals surface area contributed by atoms with Gasteiger partial charge in [0, 0.05) is 33.5 Å². The second kappa shape index (κ2) is 17.1. The van der Waals surface area contributed by atoms with Crippen LogP contribution >= 0.6 is 11.6 Å². The monoisotopic (exact) mass is 714 g/mol. The third-order valence-corrected chi connectivity index (χ3v) is 9.85. The molecule has 2 aliphatic carbocycles. The lowest BCUT2D eigenvalue weighted by molar-refractivity contribution is -0.905. The Bertz CT molecular complexity index is 1590. The van der Waals surface area contributed by atoms with Gasteiger partial charge in [-0.05, 0) is 67.7 Å². The number of pyridine rings is 1. The fourth-order valence-electron chi connectivity index (χ4n) is 6.05. The van der Waals surface area contributed by atoms with Crippen molar-refractivity contribution in [3.63, 3.8) is 0 Å². The van der Waals surface area contributed by atoms with Crippen molar-refractivity contribution in [1.29, 1.82) is 0 Å². The molecule has 2 saturated carbocycles. The molecule has 12 nitrogen and oxygen atoms in total. The van der Waals surface area contributed by atoms with Gasteiger partial charge in [-0.15, -0.1) is 0 Å². The molecule has 5 unspecified atom stereocenters. The zero-order chi connectivity index (χ0) is 35.8. The minimum absolute atomic E-state index is 0.208. The van der Waals surface area contributed by atoms with Crippen molar-refractivity contribution in [3.05, 3.63) is 82.6 Å². The van der Waals surface area contributed by atoms with Crippen molar-refractivity contribution in [2.75, 3.05) is 19.8 Å². The van der Waals surface area contributed by atoms with Gasteiger partial charge >= 0.3 is 6.03 Å². The Labute approximate surface area is 297 Å². The molecule has 0 aliphatic heterocycles. The first kappa shape index (κ1) is 37.8. The number of ether oxygens (including phenoxy) is 2. The molecule has 2 amide bonds. The first-order valence-electron chi connectivity index (χ1n) is 17.3. The number of hydrogen-bond donors (Lipinski definition) is 8. The molecule has 5 atom stereocenters. The van der Waals surface area contributed by atoms with Crippen molar-refractivity contribution >= 4 is 17.6 Å². The number of benzene rings is 2. The fourth-order valence-corrected chi connectivity index (χ4v) is 6.22. The highest BCUT2D eigenvalue weighted by molar-refractivity contribution is 6.31. The summed E-state index contributed by atoms with van der Waals surface area (Å²) in [5, 5.41) is 64.0. The Morgan fingerprint density at radius 2 is 1.78 bits per heavy atom. The average Bonchev–Trinajstić information content (AvgIpc) is 4.07. The van der Waals surface area contributed by atoms with Gasteiger partial charge in [0.05, 0.1) is 37.5 Å². The molecule has 50 heavy (non-hydrogen) atoms. The van der Waals surface area contributed by atoms with Crippen LogP contribution in [-0.2, 0) is 16.9 Å². The van der Waals surface area contributed by atoms with Gasteiger partial charge in [-0.3, -0.25) is 5.21 Å². The van der Waals surface area contributed by atoms with Crippen molar-refractivity contribution in [1.82, 2.24) is 10.6 Å². The molecule has 8 N–H and O–H groups in total. The van der Waals surface area contributed by atoms with Crippen LogP contribution in [0.4, 0.5) is 4.79 Å². The highest BCUT2D eigenvalue weighted by Crippen LogP contribution is 2.53. The number of hydrogen-bond acceptors (Lipinski definition) is 9. The van der Waals surface area contributed by atoms with Crippen LogP contribution in [0.3, 0.4) is 0 Å². The average molecular weight is 715 g/mol. The summed E-state index contributed by atoms with van der Waals surface area (Å²) >= 11 is 6.65. The van der Waals surface area contributed by atoms with E-state index in [2.05, 4.69) is 23.6 Å². The van der Waals surface area contributed by atoms with Gasteiger partial charge in [-0.2, -0.15) is 0 Å². The molecule has 272 valence electrons. The molecule has 2 aliphatic rings. The summed E-state index contributed by atoms with van der Waals surface area (Å²) in [6.07, 6.45) is 4.66. The Hall–Kier alpha value is -3.49. The van der Waals surface area contributed by atoms with Crippen LogP contribution in [0, 0.1) is 0 Å². The minimum atomic E-state index is -1.74. The summed E-state index contributed by atoms with van der Waals surface area (Å²) in [5.74, 6) is 1.04. The van der Waals surface area contributed by atoms with E-state index in [1.54, 1.807) is 12.4 Å². The largest absolute Gasteiger partial charge is 0.490 e. The quantitative estimate of drug-likeness (QED) is 0.0525. The number of carbonyl (C=O) groups is 1. The number of carbonyl (C=O) groups excluding carboxylic acids is 1. The zero-order valence-corrected chi connectivity index (χ0v) is 29.0. The smallest absolute Gasteiger partial charge is 0.315 e. The maximum absolute atomic E-state index is 12.3. The Morgan fingerprint density at radius 3 is 2.48 bits per heavy atom. The van der Waals surface area contributed by atoms with Crippen molar-refractivity contribution in [2.45, 2.75) is 100 Å². The van der Waals surface area contributed by atoms with Crippen LogP contribution in [-0.4, -0.2) is 87.0 Å². The first-order valence-corrected chi connectivity index (χ1v) is 17.7. The minimum Gasteiger partial charge on any atom is -0.490 e. The van der Waals surface area contributed by atoms with Gasteiger partial charge in [0.2, 0.25) is 12.4 Å². The lowest BCUT2D eigenvalue weighted by atomic mass is 9.94. The third kappa shape index (κ3) is 9.64. The Kier molecular flexibility index (Phi) is 12.9. The van der Waals surface area contributed by atoms with Crippen molar-refractivity contribution in [2.24, 2.45) is 0 Å². The molecule has 1 aromatic heterocycles. The van der Waals surface area contributed by atoms with E-state index >= 15 is 0 Å². The number of aliphatic hydroxyl groups is 5. The van der Waals surface area contributed by atoms with Crippen molar-refractivity contribution < 1.29 is 49.7 Å². The maximum Gasteiger partial charge on any atom is 0.315 e. The number of urea groups is 1. The highest BCUT2D eigenvalue weighted by atomic mass is 35.5. The summed E-state index contributed by atoms with van der Waals surface area (Å²) < 4.78 is 13.9. The van der Waals surface area contributed by atoms with Crippen molar-refractivity contribution in [3.8, 4) is 16.9 Å². The molecule has 3 aromatic rings. The van der Waals surface area contributed by atoms with Gasteiger partial charge < -0.3 is 45.6 Å². The number of rotatable bonds is 19. The van der Waals surface area contributed by atoms with Crippen LogP contribution in [0.25, 0.3) is 11.1 Å². The topological polar surface area (TPSA) is 185 Å². The van der Waals surface area contributed by atoms with Gasteiger partial charge in [0.15, 0.2) is 0 Å². The van der Waals surface area contributed by atoms with E-state index in [1.165, 1.54) is 0 Å². The van der Waals surface area contributed by atoms with Gasteiger partial charge in [-0.25, -0.2) is 4.79 Å². The summed E-state index contributed by atoms with van der Waals surface area (Å²) in [7, 11) is 0. The molecule has 2 aromatic carbocycles. The molecule has 2 fully saturated rings. The highest BCUT2D eigenvalue weighted by Gasteiger charge is 2.49. The molecule has 0 bridgehead atoms. The second-order valence-corrected chi connectivity index (χ2v) is 13.8. The predicted molar refractivity (Wildman–Crippen MR) is 185 cm³/mol. The Morgan fingerprint density at radius 1 is 1.02 bits per heavy atom. The maximum atomic E-state index is 12.3. The first-order chi connectivity index (χ1) is 24.0. The zero-order valence-electron chi connectivity index (χ0n) is 28.2. The number of unbranched alkanes of at least 4 members (excludes halogenated alkanes) is 1. The van der Waals surface area contributed by atoms with E-state index in [1.807, 2.05) is 42.5 Å². The standard InChI is InChI=1S/C37H48ClN3O9/c1-23(6-4-5-16-39-36(47)40-31(20-42)34(45)35(46)32(44)21-43)24-9-12-30(38)25(18-24)22-49-37(14-15-37)29-19-41(48)17-13-27(29)28-7-2-3-8-33(28)50-26-10-11-26/h2-3,7-9,12-13,17-19,23,26,31-32,34-35,42-46H,4-6,10-11,14-16,20-22H2,1H3,(H2-,39,40,47,48)/p+1. The fraction of sp³-hybridized carbons (Fsp3) is 0.514. The molecule has 5 rings (SSSR count). The lowest BCUT2D eigenvalue weighted by Gasteiger charge is -2.28. The number of nitrogens with one attached hydrogen (secondary N) is 2. The SMILES string of the molecule is CC(CCCCNC(=O)NC(CO)C(O)C(O)C(O)CO)c1ccc(Cl)c(COC2(c3c[n+](O)ccc3-c3ccccc3OC3CC3)CC2)c1. The molecular formula is C37H49ClN3O9+.